The molecule has 1 amide bonds. The maximum Gasteiger partial charge on any atom is 0.238 e. The van der Waals surface area contributed by atoms with Crippen LogP contribution < -0.4 is 15.8 Å². The Morgan fingerprint density at radius 2 is 1.71 bits per heavy atom. The van der Waals surface area contributed by atoms with Gasteiger partial charge in [-0.3, -0.25) is 4.79 Å². The summed E-state index contributed by atoms with van der Waals surface area (Å²) in [6.45, 7) is 6.41. The first kappa shape index (κ1) is 16.3. The molecule has 0 aromatic rings. The highest BCUT2D eigenvalue weighted by atomic mass is 32.2. The Hall–Kier alpha value is -0.730. The van der Waals surface area contributed by atoms with E-state index in [0.29, 0.717) is 0 Å². The number of hydrogen-bond donors (Lipinski definition) is 3. The van der Waals surface area contributed by atoms with Crippen molar-refractivity contribution in [2.45, 2.75) is 45.0 Å². The van der Waals surface area contributed by atoms with E-state index < -0.39 is 27.2 Å². The third-order valence-corrected chi connectivity index (χ3v) is 4.40. The van der Waals surface area contributed by atoms with Crippen LogP contribution in [0.2, 0.25) is 0 Å². The molecule has 0 aliphatic rings. The summed E-state index contributed by atoms with van der Waals surface area (Å²) in [5.74, 6) is -0.390. The lowest BCUT2D eigenvalue weighted by Crippen LogP contribution is -2.50. The zero-order chi connectivity index (χ0) is 13.8. The summed E-state index contributed by atoms with van der Waals surface area (Å²) >= 11 is 4.61. The molecule has 0 radical (unpaired) electrons. The molecule has 0 rings (SSSR count). The number of thiocarbonyl (C=S) groups is 1. The fourth-order valence-corrected chi connectivity index (χ4v) is 2.45. The number of nitrogens with one attached hydrogen (secondary N) is 2. The van der Waals surface area contributed by atoms with Gasteiger partial charge in [-0.1, -0.05) is 12.2 Å². The van der Waals surface area contributed by atoms with Crippen LogP contribution in [-0.4, -0.2) is 36.6 Å². The number of amides is 1. The molecule has 17 heavy (non-hydrogen) atoms. The van der Waals surface area contributed by atoms with E-state index >= 15 is 0 Å². The third kappa shape index (κ3) is 5.42. The molecular weight excluding hydrogens is 262 g/mol. The molecule has 0 aromatic heterocycles. The number of carbonyl (C=O) groups is 1. The molecule has 0 fully saturated rings. The molecule has 6 nitrogen and oxygen atoms in total. The van der Waals surface area contributed by atoms with Crippen molar-refractivity contribution in [2.24, 2.45) is 5.73 Å². The molecule has 0 spiro atoms. The quantitative estimate of drug-likeness (QED) is 0.569. The maximum atomic E-state index is 11.7. The summed E-state index contributed by atoms with van der Waals surface area (Å²) in [5.41, 5.74) is 5.27. The van der Waals surface area contributed by atoms with E-state index in [1.807, 2.05) is 0 Å². The zero-order valence-electron chi connectivity index (χ0n) is 10.4. The molecule has 0 aromatic carbocycles. The second kappa shape index (κ2) is 6.27. The monoisotopic (exact) mass is 281 g/mol. The van der Waals surface area contributed by atoms with E-state index in [9.17, 15) is 13.2 Å². The van der Waals surface area contributed by atoms with E-state index in [2.05, 4.69) is 22.3 Å². The van der Waals surface area contributed by atoms with Crippen LogP contribution in [0.15, 0.2) is 0 Å². The van der Waals surface area contributed by atoms with Crippen LogP contribution in [0, 0.1) is 0 Å². The first-order valence-electron chi connectivity index (χ1n) is 5.18. The minimum absolute atomic E-state index is 0.0533. The highest BCUT2D eigenvalue weighted by molar-refractivity contribution is 7.93. The summed E-state index contributed by atoms with van der Waals surface area (Å²) in [7, 11) is -3.72. The molecule has 0 saturated heterocycles. The number of rotatable bonds is 6. The Kier molecular flexibility index (Phi) is 6.00. The lowest BCUT2D eigenvalue weighted by atomic mass is 10.3. The molecular formula is C9H19N3O3S2. The average Bonchev–Trinajstić information content (AvgIpc) is 2.14. The van der Waals surface area contributed by atoms with Crippen molar-refractivity contribution < 1.29 is 13.2 Å². The molecule has 2 atom stereocenters. The van der Waals surface area contributed by atoms with Gasteiger partial charge in [0.2, 0.25) is 15.9 Å². The predicted molar refractivity (Wildman–Crippen MR) is 71.0 cm³/mol. The molecule has 0 bridgehead atoms. The van der Waals surface area contributed by atoms with Crippen LogP contribution in [0.4, 0.5) is 0 Å². The summed E-state index contributed by atoms with van der Waals surface area (Å²) in [5, 5.41) is 1.60. The van der Waals surface area contributed by atoms with Crippen LogP contribution in [-0.2, 0) is 14.8 Å². The van der Waals surface area contributed by atoms with Gasteiger partial charge in [0.25, 0.3) is 0 Å². The van der Waals surface area contributed by atoms with Crippen LogP contribution in [0.1, 0.15) is 27.7 Å². The molecule has 0 saturated carbocycles. The van der Waals surface area contributed by atoms with Crippen LogP contribution in [0.25, 0.3) is 0 Å². The number of hydrogen-bond acceptors (Lipinski definition) is 4. The highest BCUT2D eigenvalue weighted by Gasteiger charge is 2.27. The molecule has 0 aliphatic carbocycles. The van der Waals surface area contributed by atoms with Gasteiger partial charge in [-0.05, 0) is 27.7 Å². The van der Waals surface area contributed by atoms with Crippen molar-refractivity contribution in [1.82, 2.24) is 10.0 Å². The number of carbonyl (C=O) groups excluding carboxylic acids is 1. The average molecular weight is 281 g/mol. The van der Waals surface area contributed by atoms with Gasteiger partial charge in [-0.2, -0.15) is 0 Å². The normalized spacial score (nSPS) is 15.4. The molecule has 0 heterocycles. The van der Waals surface area contributed by atoms with Crippen LogP contribution in [0.5, 0.6) is 0 Å². The first-order chi connectivity index (χ1) is 7.58. The minimum Gasteiger partial charge on any atom is -0.392 e. The van der Waals surface area contributed by atoms with Gasteiger partial charge >= 0.3 is 0 Å². The van der Waals surface area contributed by atoms with Crippen LogP contribution in [0.3, 0.4) is 0 Å². The van der Waals surface area contributed by atoms with Gasteiger partial charge in [-0.15, -0.1) is 0 Å². The van der Waals surface area contributed by atoms with Gasteiger partial charge in [0.1, 0.15) is 5.25 Å². The molecule has 8 heteroatoms. The summed E-state index contributed by atoms with van der Waals surface area (Å²) in [4.78, 5) is 11.4. The second-order valence-corrected chi connectivity index (χ2v) is 6.60. The Bertz CT molecular complexity index is 392. The van der Waals surface area contributed by atoms with E-state index in [4.69, 9.17) is 5.73 Å². The van der Waals surface area contributed by atoms with Gasteiger partial charge < -0.3 is 11.1 Å². The molecule has 4 N–H and O–H groups in total. The van der Waals surface area contributed by atoms with E-state index in [0.717, 1.165) is 0 Å². The topological polar surface area (TPSA) is 101 Å². The van der Waals surface area contributed by atoms with Crippen molar-refractivity contribution in [1.29, 1.82) is 0 Å². The Balaban J connectivity index is 4.63. The molecule has 0 aliphatic heterocycles. The summed E-state index contributed by atoms with van der Waals surface area (Å²) in [6, 6.07) is -0.915. The largest absolute Gasteiger partial charge is 0.392 e. The molecule has 100 valence electrons. The van der Waals surface area contributed by atoms with Crippen molar-refractivity contribution in [3.63, 3.8) is 0 Å². The minimum atomic E-state index is -3.72. The standard InChI is InChI=1S/C9H19N3O3S2/c1-5(2)11-9(13)6(3)12-17(14,15)7(4)8(10)16/h5-7,12H,1-4H3,(H2,10,16)(H,11,13). The van der Waals surface area contributed by atoms with Crippen molar-refractivity contribution in [3.05, 3.63) is 0 Å². The number of sulfonamides is 1. The Morgan fingerprint density at radius 3 is 2.06 bits per heavy atom. The predicted octanol–water partition coefficient (Wildman–Crippen LogP) is -0.506. The number of nitrogens with two attached hydrogens (primary N) is 1. The van der Waals surface area contributed by atoms with Crippen molar-refractivity contribution in [3.8, 4) is 0 Å². The Morgan fingerprint density at radius 1 is 1.24 bits per heavy atom. The highest BCUT2D eigenvalue weighted by Crippen LogP contribution is 2.00. The van der Waals surface area contributed by atoms with Gasteiger partial charge in [-0.25, -0.2) is 13.1 Å². The Labute approximate surface area is 107 Å². The van der Waals surface area contributed by atoms with E-state index in [-0.39, 0.29) is 11.0 Å². The van der Waals surface area contributed by atoms with E-state index in [1.165, 1.54) is 13.8 Å². The van der Waals surface area contributed by atoms with Gasteiger partial charge in [0, 0.05) is 6.04 Å². The summed E-state index contributed by atoms with van der Waals surface area (Å²) in [6.07, 6.45) is 0. The lowest BCUT2D eigenvalue weighted by molar-refractivity contribution is -0.122. The lowest BCUT2D eigenvalue weighted by Gasteiger charge is -2.18. The maximum absolute atomic E-state index is 11.7. The van der Waals surface area contributed by atoms with Gasteiger partial charge in [0.15, 0.2) is 0 Å². The summed E-state index contributed by atoms with van der Waals surface area (Å²) < 4.78 is 25.7. The molecule has 2 unspecified atom stereocenters. The van der Waals surface area contributed by atoms with Crippen molar-refractivity contribution >= 4 is 33.1 Å². The SMILES string of the molecule is CC(C)NC(=O)C(C)NS(=O)(=O)C(C)C(N)=S. The first-order valence-corrected chi connectivity index (χ1v) is 7.14. The van der Waals surface area contributed by atoms with Crippen molar-refractivity contribution in [2.75, 3.05) is 0 Å². The van der Waals surface area contributed by atoms with Gasteiger partial charge in [0.05, 0.1) is 11.0 Å². The van der Waals surface area contributed by atoms with E-state index in [1.54, 1.807) is 13.8 Å². The fourth-order valence-electron chi connectivity index (χ4n) is 0.964. The fraction of sp³-hybridized carbons (Fsp3) is 0.778. The van der Waals surface area contributed by atoms with Crippen LogP contribution >= 0.6 is 12.2 Å². The second-order valence-electron chi connectivity index (χ2n) is 4.09. The smallest absolute Gasteiger partial charge is 0.238 e. The zero-order valence-corrected chi connectivity index (χ0v) is 12.0. The third-order valence-electron chi connectivity index (χ3n) is 2.03.